The van der Waals surface area contributed by atoms with E-state index >= 15 is 0 Å². The third-order valence-corrected chi connectivity index (χ3v) is 3.59. The molecule has 1 N–H and O–H groups in total. The van der Waals surface area contributed by atoms with Crippen molar-refractivity contribution in [2.24, 2.45) is 0 Å². The summed E-state index contributed by atoms with van der Waals surface area (Å²) in [6.45, 7) is 5.18. The molecule has 0 spiro atoms. The largest absolute Gasteiger partial charge is 0.361 e. The Morgan fingerprint density at radius 3 is 3.00 bits per heavy atom. The molecular formula is C10H14N4S2. The Balaban J connectivity index is 2.23. The van der Waals surface area contributed by atoms with Crippen molar-refractivity contribution in [2.45, 2.75) is 25.4 Å². The maximum absolute atomic E-state index is 4.46. The van der Waals surface area contributed by atoms with Crippen LogP contribution in [-0.2, 0) is 0 Å². The Labute approximate surface area is 103 Å². The van der Waals surface area contributed by atoms with E-state index in [1.165, 1.54) is 0 Å². The molecule has 16 heavy (non-hydrogen) atoms. The Bertz CT molecular complexity index is 469. The second-order valence-electron chi connectivity index (χ2n) is 3.22. The highest BCUT2D eigenvalue weighted by Gasteiger charge is 2.06. The van der Waals surface area contributed by atoms with Gasteiger partial charge in [-0.05, 0) is 12.2 Å². The zero-order chi connectivity index (χ0) is 11.4. The van der Waals surface area contributed by atoms with Crippen molar-refractivity contribution in [1.82, 2.24) is 15.0 Å². The van der Waals surface area contributed by atoms with Gasteiger partial charge < -0.3 is 5.32 Å². The molecule has 0 unspecified atom stereocenters. The summed E-state index contributed by atoms with van der Waals surface area (Å²) in [7, 11) is 0. The van der Waals surface area contributed by atoms with Crippen LogP contribution in [0.5, 0.6) is 0 Å². The van der Waals surface area contributed by atoms with E-state index in [0.717, 1.165) is 39.4 Å². The Morgan fingerprint density at radius 2 is 2.25 bits per heavy atom. The lowest BCUT2D eigenvalue weighted by Crippen LogP contribution is -1.98. The van der Waals surface area contributed by atoms with Crippen LogP contribution in [-0.4, -0.2) is 27.2 Å². The summed E-state index contributed by atoms with van der Waals surface area (Å²) in [5.41, 5.74) is 0.879. The highest BCUT2D eigenvalue weighted by Crippen LogP contribution is 2.25. The van der Waals surface area contributed by atoms with E-state index in [0.29, 0.717) is 0 Å². The van der Waals surface area contributed by atoms with Crippen LogP contribution in [0.4, 0.5) is 5.13 Å². The van der Waals surface area contributed by atoms with E-state index in [-0.39, 0.29) is 0 Å². The smallest absolute Gasteiger partial charge is 0.188 e. The van der Waals surface area contributed by atoms with Gasteiger partial charge in [0.25, 0.3) is 0 Å². The lowest BCUT2D eigenvalue weighted by Gasteiger charge is -1.95. The van der Waals surface area contributed by atoms with Gasteiger partial charge in [-0.1, -0.05) is 36.9 Å². The van der Waals surface area contributed by atoms with Crippen LogP contribution in [0.3, 0.4) is 0 Å². The summed E-state index contributed by atoms with van der Waals surface area (Å²) >= 11 is 3.24. The standard InChI is InChI=1S/C10H14N4S2/c1-3-5-11-10-13-7-6-12-9(15-4-2)14-8(7)16-10/h6H,3-5H2,1-2H3,(H,11,13). The quantitative estimate of drug-likeness (QED) is 0.656. The van der Waals surface area contributed by atoms with Crippen molar-refractivity contribution in [2.75, 3.05) is 17.6 Å². The van der Waals surface area contributed by atoms with E-state index in [9.17, 15) is 0 Å². The first-order valence-corrected chi connectivity index (χ1v) is 7.14. The van der Waals surface area contributed by atoms with Crippen LogP contribution in [0.2, 0.25) is 0 Å². The van der Waals surface area contributed by atoms with Crippen molar-refractivity contribution in [3.05, 3.63) is 6.20 Å². The van der Waals surface area contributed by atoms with Crippen LogP contribution in [0.1, 0.15) is 20.3 Å². The van der Waals surface area contributed by atoms with Crippen LogP contribution in [0.15, 0.2) is 11.4 Å². The molecule has 2 aromatic rings. The average molecular weight is 254 g/mol. The summed E-state index contributed by atoms with van der Waals surface area (Å²) in [4.78, 5) is 14.1. The number of hydrogen-bond acceptors (Lipinski definition) is 6. The van der Waals surface area contributed by atoms with Gasteiger partial charge in [-0.3, -0.25) is 0 Å². The van der Waals surface area contributed by atoms with Gasteiger partial charge in [0.05, 0.1) is 6.20 Å². The number of nitrogens with zero attached hydrogens (tertiary/aromatic N) is 3. The average Bonchev–Trinajstić information content (AvgIpc) is 2.68. The predicted molar refractivity (Wildman–Crippen MR) is 70.4 cm³/mol. The fraction of sp³-hybridized carbons (Fsp3) is 0.500. The van der Waals surface area contributed by atoms with Gasteiger partial charge in [0.15, 0.2) is 10.3 Å². The molecule has 86 valence electrons. The van der Waals surface area contributed by atoms with Crippen LogP contribution < -0.4 is 5.32 Å². The Hall–Kier alpha value is -0.880. The maximum Gasteiger partial charge on any atom is 0.188 e. The van der Waals surface area contributed by atoms with Crippen molar-refractivity contribution in [3.63, 3.8) is 0 Å². The van der Waals surface area contributed by atoms with Crippen molar-refractivity contribution < 1.29 is 0 Å². The molecule has 0 aromatic carbocycles. The molecule has 0 aliphatic carbocycles. The molecule has 0 saturated heterocycles. The van der Waals surface area contributed by atoms with E-state index < -0.39 is 0 Å². The second-order valence-corrected chi connectivity index (χ2v) is 5.43. The highest BCUT2D eigenvalue weighted by atomic mass is 32.2. The molecule has 0 atom stereocenters. The molecule has 0 aliphatic heterocycles. The molecule has 0 saturated carbocycles. The van der Waals surface area contributed by atoms with Crippen molar-refractivity contribution >= 4 is 38.6 Å². The van der Waals surface area contributed by atoms with Gasteiger partial charge in [-0.25, -0.2) is 15.0 Å². The van der Waals surface area contributed by atoms with Gasteiger partial charge >= 0.3 is 0 Å². The van der Waals surface area contributed by atoms with E-state index in [4.69, 9.17) is 0 Å². The molecule has 6 heteroatoms. The van der Waals surface area contributed by atoms with Crippen molar-refractivity contribution in [1.29, 1.82) is 0 Å². The third kappa shape index (κ3) is 2.62. The summed E-state index contributed by atoms with van der Waals surface area (Å²) in [6.07, 6.45) is 2.90. The molecule has 0 amide bonds. The van der Waals surface area contributed by atoms with E-state index in [2.05, 4.69) is 34.1 Å². The predicted octanol–water partition coefficient (Wildman–Crippen LogP) is 3.02. The van der Waals surface area contributed by atoms with Crippen LogP contribution in [0.25, 0.3) is 10.3 Å². The van der Waals surface area contributed by atoms with Gasteiger partial charge in [-0.2, -0.15) is 0 Å². The van der Waals surface area contributed by atoms with Crippen LogP contribution >= 0.6 is 23.1 Å². The normalized spacial score (nSPS) is 10.9. The Morgan fingerprint density at radius 1 is 1.38 bits per heavy atom. The molecule has 2 rings (SSSR count). The lowest BCUT2D eigenvalue weighted by molar-refractivity contribution is 0.976. The molecule has 2 aromatic heterocycles. The van der Waals surface area contributed by atoms with E-state index in [1.54, 1.807) is 29.3 Å². The molecular weight excluding hydrogens is 240 g/mol. The number of thiazole rings is 1. The summed E-state index contributed by atoms with van der Waals surface area (Å²) < 4.78 is 0. The van der Waals surface area contributed by atoms with Gasteiger partial charge in [0.2, 0.25) is 0 Å². The first-order chi connectivity index (χ1) is 7.83. The number of fused-ring (bicyclic) bond motifs is 1. The molecule has 0 radical (unpaired) electrons. The van der Waals surface area contributed by atoms with Gasteiger partial charge in [0, 0.05) is 6.54 Å². The molecule has 4 nitrogen and oxygen atoms in total. The van der Waals surface area contributed by atoms with Crippen molar-refractivity contribution in [3.8, 4) is 0 Å². The minimum absolute atomic E-state index is 0.834. The molecule has 0 aliphatic rings. The maximum atomic E-state index is 4.46. The van der Waals surface area contributed by atoms with E-state index in [1.807, 2.05) is 0 Å². The SMILES string of the molecule is CCCNc1nc2cnc(SCC)nc2s1. The number of nitrogens with one attached hydrogen (secondary N) is 1. The highest BCUT2D eigenvalue weighted by molar-refractivity contribution is 7.99. The third-order valence-electron chi connectivity index (χ3n) is 1.93. The molecule has 0 bridgehead atoms. The lowest BCUT2D eigenvalue weighted by atomic mass is 10.5. The van der Waals surface area contributed by atoms with Gasteiger partial charge in [0.1, 0.15) is 10.3 Å². The summed E-state index contributed by atoms with van der Waals surface area (Å²) in [5, 5.41) is 5.04. The summed E-state index contributed by atoms with van der Waals surface area (Å²) in [5.74, 6) is 0.991. The zero-order valence-electron chi connectivity index (χ0n) is 9.36. The fourth-order valence-electron chi connectivity index (χ4n) is 1.23. The number of aromatic nitrogens is 3. The monoisotopic (exact) mass is 254 g/mol. The summed E-state index contributed by atoms with van der Waals surface area (Å²) in [6, 6.07) is 0. The second kappa shape index (κ2) is 5.45. The zero-order valence-corrected chi connectivity index (χ0v) is 11.0. The number of anilines is 1. The van der Waals surface area contributed by atoms with Gasteiger partial charge in [-0.15, -0.1) is 0 Å². The number of rotatable bonds is 5. The Kier molecular flexibility index (Phi) is 3.95. The first-order valence-electron chi connectivity index (χ1n) is 5.33. The number of thioether (sulfide) groups is 1. The number of hydrogen-bond donors (Lipinski definition) is 1. The fourth-order valence-corrected chi connectivity index (χ4v) is 2.66. The van der Waals surface area contributed by atoms with Crippen LogP contribution in [0, 0.1) is 0 Å². The minimum Gasteiger partial charge on any atom is -0.361 e. The minimum atomic E-state index is 0.834. The first kappa shape index (κ1) is 11.6. The molecule has 2 heterocycles. The topological polar surface area (TPSA) is 50.7 Å². The molecule has 0 fully saturated rings.